The monoisotopic (exact) mass is 232 g/mol. The maximum absolute atomic E-state index is 5.42. The Morgan fingerprint density at radius 1 is 1.24 bits per heavy atom. The second-order valence-electron chi connectivity index (χ2n) is 3.63. The lowest BCUT2D eigenvalue weighted by molar-refractivity contribution is 0.111. The van der Waals surface area contributed by atoms with Crippen molar-refractivity contribution in [3.05, 3.63) is 41.7 Å². The van der Waals surface area contributed by atoms with E-state index < -0.39 is 0 Å². The highest BCUT2D eigenvalue weighted by Gasteiger charge is 2.15. The lowest BCUT2D eigenvalue weighted by atomic mass is 9.95. The third-order valence-corrected chi connectivity index (χ3v) is 2.74. The van der Waals surface area contributed by atoms with Gasteiger partial charge in [0.05, 0.1) is 13.2 Å². The summed E-state index contributed by atoms with van der Waals surface area (Å²) >= 11 is 0. The summed E-state index contributed by atoms with van der Waals surface area (Å²) in [5, 5.41) is 3.98. The third-order valence-electron chi connectivity index (χ3n) is 2.74. The van der Waals surface area contributed by atoms with Crippen molar-refractivity contribution in [2.45, 2.75) is 13.0 Å². The zero-order valence-corrected chi connectivity index (χ0v) is 9.85. The Balaban J connectivity index is 0.000000514. The molecule has 0 saturated carbocycles. The average molecular weight is 232 g/mol. The summed E-state index contributed by atoms with van der Waals surface area (Å²) in [6, 6.07) is 8.13. The van der Waals surface area contributed by atoms with Crippen molar-refractivity contribution in [1.29, 1.82) is 0 Å². The first-order chi connectivity index (χ1) is 8.45. The number of nitrogens with two attached hydrogens (primary N) is 1. The average Bonchev–Trinajstić information content (AvgIpc) is 2.94. The molecule has 0 amide bonds. The van der Waals surface area contributed by atoms with Crippen LogP contribution in [0.4, 0.5) is 0 Å². The molecule has 90 valence electrons. The fourth-order valence-electron chi connectivity index (χ4n) is 2.01. The summed E-state index contributed by atoms with van der Waals surface area (Å²) < 4.78 is 10.3. The van der Waals surface area contributed by atoms with Gasteiger partial charge in [0.2, 0.25) is 0 Å². The van der Waals surface area contributed by atoms with Crippen LogP contribution in [0.3, 0.4) is 0 Å². The number of ether oxygens (including phenoxy) is 1. The highest BCUT2D eigenvalue weighted by molar-refractivity contribution is 5.65. The highest BCUT2D eigenvalue weighted by Crippen LogP contribution is 2.28. The molecular formula is C13H16N2O2. The molecule has 0 unspecified atom stereocenters. The summed E-state index contributed by atoms with van der Waals surface area (Å²) in [4.78, 5) is 0. The van der Waals surface area contributed by atoms with Gasteiger partial charge in [0, 0.05) is 11.6 Å². The van der Waals surface area contributed by atoms with E-state index in [4.69, 9.17) is 9.26 Å². The predicted octanol–water partition coefficient (Wildman–Crippen LogP) is 1.99. The Labute approximate surface area is 100 Å². The van der Waals surface area contributed by atoms with Crippen molar-refractivity contribution in [2.75, 3.05) is 13.7 Å². The van der Waals surface area contributed by atoms with Crippen LogP contribution in [0.2, 0.25) is 0 Å². The SMILES string of the molecule is CN.c1cc2c(c(-c3ccon3)c1)CCOC2. The van der Waals surface area contributed by atoms with Crippen LogP contribution in [-0.2, 0) is 17.8 Å². The first kappa shape index (κ1) is 11.8. The molecule has 4 heteroatoms. The van der Waals surface area contributed by atoms with Crippen molar-refractivity contribution in [3.8, 4) is 11.3 Å². The maximum Gasteiger partial charge on any atom is 0.124 e. The Hall–Kier alpha value is -1.65. The highest BCUT2D eigenvalue weighted by atomic mass is 16.5. The number of hydrogen-bond donors (Lipinski definition) is 1. The van der Waals surface area contributed by atoms with E-state index in [-0.39, 0.29) is 0 Å². The van der Waals surface area contributed by atoms with E-state index in [1.54, 1.807) is 6.26 Å². The molecule has 1 aliphatic heterocycles. The van der Waals surface area contributed by atoms with Crippen LogP contribution in [-0.4, -0.2) is 18.8 Å². The lowest BCUT2D eigenvalue weighted by Gasteiger charge is -2.18. The van der Waals surface area contributed by atoms with Crippen molar-refractivity contribution in [2.24, 2.45) is 5.73 Å². The van der Waals surface area contributed by atoms with E-state index >= 15 is 0 Å². The van der Waals surface area contributed by atoms with Gasteiger partial charge in [-0.25, -0.2) is 0 Å². The van der Waals surface area contributed by atoms with Gasteiger partial charge in [-0.3, -0.25) is 0 Å². The molecule has 2 N–H and O–H groups in total. The summed E-state index contributed by atoms with van der Waals surface area (Å²) in [5.74, 6) is 0. The topological polar surface area (TPSA) is 61.3 Å². The van der Waals surface area contributed by atoms with Crippen LogP contribution in [0.5, 0.6) is 0 Å². The van der Waals surface area contributed by atoms with Gasteiger partial charge >= 0.3 is 0 Å². The molecule has 0 fully saturated rings. The molecule has 17 heavy (non-hydrogen) atoms. The van der Waals surface area contributed by atoms with E-state index in [2.05, 4.69) is 23.0 Å². The molecule has 0 atom stereocenters. The van der Waals surface area contributed by atoms with Gasteiger partial charge in [-0.1, -0.05) is 23.4 Å². The number of aromatic nitrogens is 1. The minimum absolute atomic E-state index is 0.709. The van der Waals surface area contributed by atoms with Gasteiger partial charge in [0.25, 0.3) is 0 Å². The molecule has 0 bridgehead atoms. The number of fused-ring (bicyclic) bond motifs is 1. The van der Waals surface area contributed by atoms with Crippen molar-refractivity contribution in [1.82, 2.24) is 5.16 Å². The van der Waals surface area contributed by atoms with Crippen LogP contribution in [0.25, 0.3) is 11.3 Å². The van der Waals surface area contributed by atoms with Crippen LogP contribution in [0, 0.1) is 0 Å². The van der Waals surface area contributed by atoms with Gasteiger partial charge in [-0.2, -0.15) is 0 Å². The number of rotatable bonds is 1. The fraction of sp³-hybridized carbons (Fsp3) is 0.308. The predicted molar refractivity (Wildman–Crippen MR) is 65.4 cm³/mol. The van der Waals surface area contributed by atoms with Crippen LogP contribution in [0.15, 0.2) is 35.1 Å². The Morgan fingerprint density at radius 3 is 2.88 bits per heavy atom. The molecule has 1 aromatic heterocycles. The van der Waals surface area contributed by atoms with Crippen LogP contribution < -0.4 is 5.73 Å². The first-order valence-electron chi connectivity index (χ1n) is 5.62. The van der Waals surface area contributed by atoms with Gasteiger partial charge in [-0.05, 0) is 24.6 Å². The standard InChI is InChI=1S/C12H11NO2.CH5N/c1-2-9-8-14-6-4-10(9)11(3-1)12-5-7-15-13-12;1-2/h1-3,5,7H,4,6,8H2;2H2,1H3. The van der Waals surface area contributed by atoms with E-state index in [1.807, 2.05) is 12.1 Å². The maximum atomic E-state index is 5.42. The van der Waals surface area contributed by atoms with Crippen molar-refractivity contribution in [3.63, 3.8) is 0 Å². The number of benzene rings is 1. The molecule has 4 nitrogen and oxygen atoms in total. The van der Waals surface area contributed by atoms with Crippen LogP contribution >= 0.6 is 0 Å². The third kappa shape index (κ3) is 2.38. The van der Waals surface area contributed by atoms with Gasteiger partial charge in [-0.15, -0.1) is 0 Å². The molecule has 0 saturated heterocycles. The van der Waals surface area contributed by atoms with Crippen molar-refractivity contribution < 1.29 is 9.26 Å². The zero-order valence-electron chi connectivity index (χ0n) is 9.85. The molecule has 0 radical (unpaired) electrons. The number of nitrogens with zero attached hydrogens (tertiary/aromatic N) is 1. The molecule has 1 aromatic carbocycles. The van der Waals surface area contributed by atoms with Gasteiger partial charge < -0.3 is 15.0 Å². The van der Waals surface area contributed by atoms with E-state index in [0.717, 1.165) is 18.7 Å². The Bertz CT molecular complexity index is 466. The summed E-state index contributed by atoms with van der Waals surface area (Å²) in [7, 11) is 1.50. The minimum atomic E-state index is 0.709. The molecule has 1 aliphatic rings. The van der Waals surface area contributed by atoms with E-state index in [0.29, 0.717) is 6.61 Å². The number of hydrogen-bond acceptors (Lipinski definition) is 4. The minimum Gasteiger partial charge on any atom is -0.376 e. The lowest BCUT2D eigenvalue weighted by Crippen LogP contribution is -2.10. The second kappa shape index (κ2) is 5.61. The van der Waals surface area contributed by atoms with Gasteiger partial charge in [0.1, 0.15) is 12.0 Å². The fourth-order valence-corrected chi connectivity index (χ4v) is 2.01. The second-order valence-corrected chi connectivity index (χ2v) is 3.63. The zero-order chi connectivity index (χ0) is 12.1. The van der Waals surface area contributed by atoms with Gasteiger partial charge in [0.15, 0.2) is 0 Å². The van der Waals surface area contributed by atoms with Crippen molar-refractivity contribution >= 4 is 0 Å². The van der Waals surface area contributed by atoms with E-state index in [1.165, 1.54) is 23.7 Å². The quantitative estimate of drug-likeness (QED) is 0.816. The normalized spacial score (nSPS) is 13.5. The van der Waals surface area contributed by atoms with Crippen LogP contribution in [0.1, 0.15) is 11.1 Å². The Kier molecular flexibility index (Phi) is 3.90. The summed E-state index contributed by atoms with van der Waals surface area (Å²) in [6.07, 6.45) is 2.56. The molecule has 2 aromatic rings. The molecule has 3 rings (SSSR count). The summed E-state index contributed by atoms with van der Waals surface area (Å²) in [5.41, 5.74) is 9.19. The summed E-state index contributed by atoms with van der Waals surface area (Å²) in [6.45, 7) is 1.50. The first-order valence-corrected chi connectivity index (χ1v) is 5.62. The molecular weight excluding hydrogens is 216 g/mol. The molecule has 0 aliphatic carbocycles. The smallest absolute Gasteiger partial charge is 0.124 e. The molecule has 0 spiro atoms. The molecule has 2 heterocycles. The van der Waals surface area contributed by atoms with E-state index in [9.17, 15) is 0 Å². The largest absolute Gasteiger partial charge is 0.376 e. The Morgan fingerprint density at radius 2 is 2.12 bits per heavy atom.